The van der Waals surface area contributed by atoms with Crippen molar-refractivity contribution in [2.24, 2.45) is 7.05 Å². The number of hydrogen-bond acceptors (Lipinski definition) is 3. The van der Waals surface area contributed by atoms with Crippen LogP contribution in [0.15, 0.2) is 35.5 Å². The van der Waals surface area contributed by atoms with E-state index in [0.29, 0.717) is 11.4 Å². The first-order valence-electron chi connectivity index (χ1n) is 5.78. The van der Waals surface area contributed by atoms with E-state index in [-0.39, 0.29) is 0 Å². The lowest BCUT2D eigenvalue weighted by Gasteiger charge is -2.06. The van der Waals surface area contributed by atoms with Gasteiger partial charge < -0.3 is 5.73 Å². The third-order valence-electron chi connectivity index (χ3n) is 2.75. The molecule has 0 spiro atoms. The number of benzene rings is 1. The molecule has 0 amide bonds. The lowest BCUT2D eigenvalue weighted by molar-refractivity contribution is 0.682. The van der Waals surface area contributed by atoms with Gasteiger partial charge in [-0.05, 0) is 36.6 Å². The summed E-state index contributed by atoms with van der Waals surface area (Å²) in [4.78, 5) is 0.735. The predicted molar refractivity (Wildman–Crippen MR) is 73.8 cm³/mol. The van der Waals surface area contributed by atoms with E-state index in [0.717, 1.165) is 22.4 Å². The minimum atomic E-state index is -1.06. The molecule has 4 nitrogen and oxygen atoms in total. The molecule has 0 bridgehead atoms. The van der Waals surface area contributed by atoms with Gasteiger partial charge in [-0.15, -0.1) is 0 Å². The first kappa shape index (κ1) is 12.8. The Balaban J connectivity index is 2.05. The molecule has 0 aliphatic heterocycles. The van der Waals surface area contributed by atoms with Crippen LogP contribution in [0.4, 0.5) is 5.69 Å². The van der Waals surface area contributed by atoms with Crippen molar-refractivity contribution in [3.8, 4) is 0 Å². The third kappa shape index (κ3) is 2.98. The number of rotatable bonds is 4. The Hall–Kier alpha value is -1.62. The van der Waals surface area contributed by atoms with Gasteiger partial charge >= 0.3 is 0 Å². The topological polar surface area (TPSA) is 60.9 Å². The van der Waals surface area contributed by atoms with Gasteiger partial charge in [0.15, 0.2) is 0 Å². The lowest BCUT2D eigenvalue weighted by atomic mass is 10.2. The van der Waals surface area contributed by atoms with Gasteiger partial charge in [0.25, 0.3) is 0 Å². The lowest BCUT2D eigenvalue weighted by Crippen LogP contribution is -2.04. The molecule has 96 valence electrons. The first-order chi connectivity index (χ1) is 8.56. The molecule has 1 aromatic heterocycles. The van der Waals surface area contributed by atoms with Crippen LogP contribution in [0.1, 0.15) is 11.1 Å². The highest BCUT2D eigenvalue weighted by molar-refractivity contribution is 7.85. The summed E-state index contributed by atoms with van der Waals surface area (Å²) in [6.07, 6.45) is 4.49. The standard InChI is InChI=1S/C13H17N3OS/c1-10-3-4-12(14)13(7-10)18(17)6-5-11-8-15-16(2)9-11/h3-4,7-9H,5-6,14H2,1-2H3. The average molecular weight is 263 g/mol. The SMILES string of the molecule is Cc1ccc(N)c(S(=O)CCc2cnn(C)c2)c1. The fourth-order valence-electron chi connectivity index (χ4n) is 1.76. The molecule has 0 saturated heterocycles. The largest absolute Gasteiger partial charge is 0.398 e. The van der Waals surface area contributed by atoms with Gasteiger partial charge in [0.05, 0.1) is 21.9 Å². The minimum Gasteiger partial charge on any atom is -0.398 e. The van der Waals surface area contributed by atoms with Gasteiger partial charge in [0.2, 0.25) is 0 Å². The Morgan fingerprint density at radius 2 is 2.22 bits per heavy atom. The van der Waals surface area contributed by atoms with Crippen LogP contribution in [-0.2, 0) is 24.3 Å². The summed E-state index contributed by atoms with van der Waals surface area (Å²) < 4.78 is 14.0. The summed E-state index contributed by atoms with van der Waals surface area (Å²) in [6.45, 7) is 1.97. The Bertz CT molecular complexity index is 577. The van der Waals surface area contributed by atoms with E-state index in [1.54, 1.807) is 10.9 Å². The van der Waals surface area contributed by atoms with Crippen molar-refractivity contribution in [1.82, 2.24) is 9.78 Å². The van der Waals surface area contributed by atoms with Crippen LogP contribution in [0.5, 0.6) is 0 Å². The fraction of sp³-hybridized carbons (Fsp3) is 0.308. The number of anilines is 1. The monoisotopic (exact) mass is 263 g/mol. The van der Waals surface area contributed by atoms with Crippen molar-refractivity contribution in [3.63, 3.8) is 0 Å². The molecule has 1 aromatic carbocycles. The van der Waals surface area contributed by atoms with Crippen LogP contribution in [0.3, 0.4) is 0 Å². The molecule has 1 unspecified atom stereocenters. The number of aromatic nitrogens is 2. The second-order valence-corrected chi connectivity index (χ2v) is 5.90. The van der Waals surface area contributed by atoms with Crippen LogP contribution in [0.25, 0.3) is 0 Å². The van der Waals surface area contributed by atoms with E-state index in [9.17, 15) is 4.21 Å². The maximum Gasteiger partial charge on any atom is 0.0620 e. The van der Waals surface area contributed by atoms with Crippen molar-refractivity contribution in [2.75, 3.05) is 11.5 Å². The molecule has 2 N–H and O–H groups in total. The van der Waals surface area contributed by atoms with Gasteiger partial charge in [-0.1, -0.05) is 6.07 Å². The zero-order chi connectivity index (χ0) is 13.1. The first-order valence-corrected chi connectivity index (χ1v) is 7.10. The van der Waals surface area contributed by atoms with Crippen molar-refractivity contribution in [3.05, 3.63) is 41.7 Å². The maximum atomic E-state index is 12.2. The number of aryl methyl sites for hydroxylation is 3. The van der Waals surface area contributed by atoms with E-state index >= 15 is 0 Å². The molecule has 0 saturated carbocycles. The van der Waals surface area contributed by atoms with Crippen molar-refractivity contribution in [1.29, 1.82) is 0 Å². The molecule has 1 heterocycles. The quantitative estimate of drug-likeness (QED) is 0.853. The van der Waals surface area contributed by atoms with Crippen LogP contribution < -0.4 is 5.73 Å². The summed E-state index contributed by atoms with van der Waals surface area (Å²) in [5, 5.41) is 4.09. The van der Waals surface area contributed by atoms with Crippen LogP contribution >= 0.6 is 0 Å². The van der Waals surface area contributed by atoms with Gasteiger partial charge in [0, 0.05) is 24.7 Å². The molecular formula is C13H17N3OS. The molecule has 18 heavy (non-hydrogen) atoms. The minimum absolute atomic E-state index is 0.569. The van der Waals surface area contributed by atoms with Gasteiger partial charge in [0.1, 0.15) is 0 Å². The highest BCUT2D eigenvalue weighted by Crippen LogP contribution is 2.18. The Labute approximate surface area is 109 Å². The van der Waals surface area contributed by atoms with Gasteiger partial charge in [-0.2, -0.15) is 5.10 Å². The van der Waals surface area contributed by atoms with Crippen molar-refractivity contribution >= 4 is 16.5 Å². The number of nitrogens with zero attached hydrogens (tertiary/aromatic N) is 2. The molecule has 2 aromatic rings. The molecule has 2 rings (SSSR count). The van der Waals surface area contributed by atoms with Gasteiger partial charge in [-0.3, -0.25) is 8.89 Å². The second-order valence-electron chi connectivity index (χ2n) is 4.36. The number of nitrogen functional groups attached to an aromatic ring is 1. The van der Waals surface area contributed by atoms with Crippen LogP contribution in [-0.4, -0.2) is 19.7 Å². The van der Waals surface area contributed by atoms with Gasteiger partial charge in [-0.25, -0.2) is 0 Å². The van der Waals surface area contributed by atoms with Crippen LogP contribution in [0, 0.1) is 6.92 Å². The number of nitrogens with two attached hydrogens (primary N) is 1. The summed E-state index contributed by atoms with van der Waals surface area (Å²) in [5.74, 6) is 0.569. The smallest absolute Gasteiger partial charge is 0.0620 e. The van der Waals surface area contributed by atoms with E-state index in [2.05, 4.69) is 5.10 Å². The predicted octanol–water partition coefficient (Wildman–Crippen LogP) is 1.66. The van der Waals surface area contributed by atoms with Crippen LogP contribution in [0.2, 0.25) is 0 Å². The highest BCUT2D eigenvalue weighted by Gasteiger charge is 2.09. The summed E-state index contributed by atoms with van der Waals surface area (Å²) in [5.41, 5.74) is 8.63. The molecule has 5 heteroatoms. The van der Waals surface area contributed by atoms with E-state index < -0.39 is 10.8 Å². The normalized spacial score (nSPS) is 12.6. The Morgan fingerprint density at radius 1 is 1.44 bits per heavy atom. The molecular weight excluding hydrogens is 246 g/mol. The molecule has 0 aliphatic carbocycles. The van der Waals surface area contributed by atoms with Crippen molar-refractivity contribution in [2.45, 2.75) is 18.2 Å². The highest BCUT2D eigenvalue weighted by atomic mass is 32.2. The van der Waals surface area contributed by atoms with E-state index in [1.165, 1.54) is 0 Å². The Kier molecular flexibility index (Phi) is 3.81. The summed E-state index contributed by atoms with van der Waals surface area (Å²) >= 11 is 0. The molecule has 1 atom stereocenters. The molecule has 0 radical (unpaired) electrons. The number of hydrogen-bond donors (Lipinski definition) is 1. The zero-order valence-corrected chi connectivity index (χ0v) is 11.4. The summed E-state index contributed by atoms with van der Waals surface area (Å²) in [7, 11) is 0.815. The van der Waals surface area contributed by atoms with E-state index in [4.69, 9.17) is 5.73 Å². The molecule has 0 aliphatic rings. The zero-order valence-electron chi connectivity index (χ0n) is 10.6. The fourth-order valence-corrected chi connectivity index (χ4v) is 3.05. The maximum absolute atomic E-state index is 12.2. The average Bonchev–Trinajstić information content (AvgIpc) is 2.75. The second kappa shape index (κ2) is 5.35. The van der Waals surface area contributed by atoms with Crippen molar-refractivity contribution < 1.29 is 4.21 Å². The third-order valence-corrected chi connectivity index (χ3v) is 4.17. The summed E-state index contributed by atoms with van der Waals surface area (Å²) in [6, 6.07) is 5.64. The Morgan fingerprint density at radius 3 is 2.89 bits per heavy atom. The molecule has 0 fully saturated rings. The van der Waals surface area contributed by atoms with E-state index in [1.807, 2.05) is 38.4 Å².